The molecular weight excluding hydrogens is 362 g/mol. The van der Waals surface area contributed by atoms with Crippen LogP contribution >= 0.6 is 23.5 Å². The van der Waals surface area contributed by atoms with Crippen molar-refractivity contribution < 1.29 is 18.4 Å². The Hall–Kier alpha value is -1.66. The summed E-state index contributed by atoms with van der Waals surface area (Å²) in [4.78, 5) is 23.8. The summed E-state index contributed by atoms with van der Waals surface area (Å²) in [5, 5.41) is 0. The summed E-state index contributed by atoms with van der Waals surface area (Å²) in [6, 6.07) is 11.1. The van der Waals surface area contributed by atoms with Gasteiger partial charge in [0.1, 0.15) is 11.6 Å². The number of carbonyl (C=O) groups is 2. The Labute approximate surface area is 154 Å². The van der Waals surface area contributed by atoms with Crippen LogP contribution in [0.15, 0.2) is 48.5 Å². The van der Waals surface area contributed by atoms with Gasteiger partial charge in [0.25, 0.3) is 0 Å². The molecule has 0 radical (unpaired) electrons. The van der Waals surface area contributed by atoms with Gasteiger partial charge in [-0.3, -0.25) is 9.59 Å². The second-order valence-electron chi connectivity index (χ2n) is 5.32. The highest BCUT2D eigenvalue weighted by atomic mass is 32.2. The van der Waals surface area contributed by atoms with Crippen molar-refractivity contribution in [2.24, 2.45) is 0 Å². The van der Waals surface area contributed by atoms with Crippen molar-refractivity contribution in [3.63, 3.8) is 0 Å². The van der Waals surface area contributed by atoms with Crippen molar-refractivity contribution in [1.82, 2.24) is 0 Å². The van der Waals surface area contributed by atoms with Gasteiger partial charge in [-0.25, -0.2) is 8.78 Å². The molecule has 0 heterocycles. The lowest BCUT2D eigenvalue weighted by molar-refractivity contribution is 0.101. The van der Waals surface area contributed by atoms with Gasteiger partial charge in [-0.1, -0.05) is 0 Å². The zero-order valence-electron chi connectivity index (χ0n) is 13.5. The molecule has 0 unspecified atom stereocenters. The van der Waals surface area contributed by atoms with E-state index in [2.05, 4.69) is 0 Å². The predicted molar refractivity (Wildman–Crippen MR) is 101 cm³/mol. The maximum absolute atomic E-state index is 12.8. The van der Waals surface area contributed by atoms with Crippen LogP contribution in [-0.4, -0.2) is 34.6 Å². The van der Waals surface area contributed by atoms with E-state index in [-0.39, 0.29) is 23.2 Å². The highest BCUT2D eigenvalue weighted by Gasteiger charge is 2.07. The minimum absolute atomic E-state index is 0.0101. The van der Waals surface area contributed by atoms with Crippen LogP contribution in [0.4, 0.5) is 8.78 Å². The molecule has 0 atom stereocenters. The fourth-order valence-electron chi connectivity index (χ4n) is 2.03. The number of carbonyl (C=O) groups excluding carboxylic acids is 2. The normalized spacial score (nSPS) is 10.6. The third-order valence-electron chi connectivity index (χ3n) is 3.38. The average Bonchev–Trinajstić information content (AvgIpc) is 2.61. The minimum Gasteiger partial charge on any atom is -0.293 e. The predicted octanol–water partition coefficient (Wildman–Crippen LogP) is 4.89. The number of hydrogen-bond acceptors (Lipinski definition) is 4. The first-order chi connectivity index (χ1) is 12.1. The lowest BCUT2D eigenvalue weighted by Crippen LogP contribution is -2.04. The summed E-state index contributed by atoms with van der Waals surface area (Å²) in [5.41, 5.74) is 1.04. The fourth-order valence-corrected chi connectivity index (χ4v) is 3.90. The van der Waals surface area contributed by atoms with Crippen LogP contribution in [0.1, 0.15) is 27.1 Å². The summed E-state index contributed by atoms with van der Waals surface area (Å²) in [5.74, 6) is 1.66. The van der Waals surface area contributed by atoms with E-state index in [0.717, 1.165) is 17.9 Å². The first kappa shape index (κ1) is 19.7. The Morgan fingerprint density at radius 3 is 1.40 bits per heavy atom. The molecule has 0 bridgehead atoms. The van der Waals surface area contributed by atoms with Gasteiger partial charge in [-0.05, 0) is 66.5 Å². The summed E-state index contributed by atoms with van der Waals surface area (Å²) >= 11 is 3.07. The SMILES string of the molecule is O=C(CSCCCSCC(=O)c1ccc(F)cc1)c1ccc(F)cc1. The molecule has 2 aromatic carbocycles. The van der Waals surface area contributed by atoms with Crippen LogP contribution in [0.25, 0.3) is 0 Å². The third kappa shape index (κ3) is 7.00. The molecule has 0 aromatic heterocycles. The van der Waals surface area contributed by atoms with Crippen molar-refractivity contribution in [2.45, 2.75) is 6.42 Å². The fraction of sp³-hybridized carbons (Fsp3) is 0.263. The van der Waals surface area contributed by atoms with Gasteiger partial charge in [0.05, 0.1) is 11.5 Å². The Morgan fingerprint density at radius 2 is 1.04 bits per heavy atom. The van der Waals surface area contributed by atoms with Crippen LogP contribution in [0.2, 0.25) is 0 Å². The molecule has 0 saturated carbocycles. The van der Waals surface area contributed by atoms with Crippen LogP contribution < -0.4 is 0 Å². The van der Waals surface area contributed by atoms with Crippen LogP contribution in [0, 0.1) is 11.6 Å². The molecule has 0 fully saturated rings. The van der Waals surface area contributed by atoms with Gasteiger partial charge < -0.3 is 0 Å². The highest BCUT2D eigenvalue weighted by molar-refractivity contribution is 8.00. The van der Waals surface area contributed by atoms with E-state index in [4.69, 9.17) is 0 Å². The standard InChI is InChI=1S/C19H18F2O2S2/c20-16-6-2-14(3-7-16)18(22)12-24-10-1-11-25-13-19(23)15-4-8-17(21)9-5-15/h2-9H,1,10-13H2. The van der Waals surface area contributed by atoms with E-state index in [1.807, 2.05) is 0 Å². The van der Waals surface area contributed by atoms with Gasteiger partial charge >= 0.3 is 0 Å². The number of rotatable bonds is 10. The number of ketones is 2. The van der Waals surface area contributed by atoms with Crippen LogP contribution in [0.5, 0.6) is 0 Å². The number of thioether (sulfide) groups is 2. The van der Waals surface area contributed by atoms with E-state index >= 15 is 0 Å². The van der Waals surface area contributed by atoms with E-state index in [1.165, 1.54) is 72.1 Å². The topological polar surface area (TPSA) is 34.1 Å². The van der Waals surface area contributed by atoms with Crippen molar-refractivity contribution in [3.8, 4) is 0 Å². The Kier molecular flexibility index (Phi) is 8.15. The zero-order valence-corrected chi connectivity index (χ0v) is 15.2. The molecule has 0 amide bonds. The van der Waals surface area contributed by atoms with Gasteiger partial charge in [0.2, 0.25) is 0 Å². The molecule has 2 nitrogen and oxygen atoms in total. The van der Waals surface area contributed by atoms with Crippen molar-refractivity contribution in [1.29, 1.82) is 0 Å². The molecule has 25 heavy (non-hydrogen) atoms. The maximum Gasteiger partial charge on any atom is 0.172 e. The monoisotopic (exact) mass is 380 g/mol. The van der Waals surface area contributed by atoms with E-state index in [9.17, 15) is 18.4 Å². The molecule has 132 valence electrons. The van der Waals surface area contributed by atoms with Crippen molar-refractivity contribution in [2.75, 3.05) is 23.0 Å². The Bertz CT molecular complexity index is 639. The molecule has 0 saturated heterocycles. The second-order valence-corrected chi connectivity index (χ2v) is 7.53. The van der Waals surface area contributed by atoms with Crippen molar-refractivity contribution in [3.05, 3.63) is 71.3 Å². The summed E-state index contributed by atoms with van der Waals surface area (Å²) < 4.78 is 25.6. The molecular formula is C19H18F2O2S2. The van der Waals surface area contributed by atoms with Gasteiger partial charge in [-0.15, -0.1) is 0 Å². The summed E-state index contributed by atoms with van der Waals surface area (Å²) in [6.07, 6.45) is 0.892. The zero-order chi connectivity index (χ0) is 18.1. The number of Topliss-reactive ketones (excluding diaryl/α,β-unsaturated/α-hetero) is 2. The third-order valence-corrected chi connectivity index (χ3v) is 5.46. The summed E-state index contributed by atoms with van der Waals surface area (Å²) in [6.45, 7) is 0. The molecule has 0 N–H and O–H groups in total. The molecule has 2 rings (SSSR count). The number of halogens is 2. The number of benzene rings is 2. The average molecular weight is 380 g/mol. The Balaban J connectivity index is 1.56. The summed E-state index contributed by atoms with van der Waals surface area (Å²) in [7, 11) is 0. The highest BCUT2D eigenvalue weighted by Crippen LogP contribution is 2.13. The maximum atomic E-state index is 12.8. The molecule has 0 aliphatic carbocycles. The molecule has 2 aromatic rings. The lowest BCUT2D eigenvalue weighted by atomic mass is 10.1. The smallest absolute Gasteiger partial charge is 0.172 e. The number of hydrogen-bond donors (Lipinski definition) is 0. The molecule has 0 aliphatic heterocycles. The van der Waals surface area contributed by atoms with Gasteiger partial charge in [0.15, 0.2) is 11.6 Å². The Morgan fingerprint density at radius 1 is 0.680 bits per heavy atom. The van der Waals surface area contributed by atoms with Crippen molar-refractivity contribution >= 4 is 35.1 Å². The van der Waals surface area contributed by atoms with Crippen LogP contribution in [0.3, 0.4) is 0 Å². The van der Waals surface area contributed by atoms with E-state index in [0.29, 0.717) is 22.6 Å². The largest absolute Gasteiger partial charge is 0.293 e. The molecule has 0 aliphatic rings. The minimum atomic E-state index is -0.351. The first-order valence-electron chi connectivity index (χ1n) is 7.79. The van der Waals surface area contributed by atoms with Gasteiger partial charge in [0, 0.05) is 11.1 Å². The lowest BCUT2D eigenvalue weighted by Gasteiger charge is -2.03. The van der Waals surface area contributed by atoms with E-state index < -0.39 is 0 Å². The van der Waals surface area contributed by atoms with Gasteiger partial charge in [-0.2, -0.15) is 23.5 Å². The molecule has 6 heteroatoms. The molecule has 0 spiro atoms. The first-order valence-corrected chi connectivity index (χ1v) is 10.1. The van der Waals surface area contributed by atoms with Crippen LogP contribution in [-0.2, 0) is 0 Å². The van der Waals surface area contributed by atoms with E-state index in [1.54, 1.807) is 0 Å². The second kappa shape index (κ2) is 10.4. The quantitative estimate of drug-likeness (QED) is 0.434.